The van der Waals surface area contributed by atoms with Crippen LogP contribution >= 0.6 is 0 Å². The minimum Gasteiger partial charge on any atom is -0.324 e. The van der Waals surface area contributed by atoms with Crippen LogP contribution in [0, 0.1) is 13.8 Å². The molecule has 0 spiro atoms. The summed E-state index contributed by atoms with van der Waals surface area (Å²) in [5, 5.41) is 0. The average Bonchev–Trinajstić information content (AvgIpc) is 2.01. The molecule has 0 radical (unpaired) electrons. The molecular weight excluding hydrogens is 184 g/mol. The summed E-state index contributed by atoms with van der Waals surface area (Å²) in [4.78, 5) is 0. The Morgan fingerprint density at radius 1 is 1.21 bits per heavy atom. The molecule has 0 aliphatic carbocycles. The highest BCUT2D eigenvalue weighted by Crippen LogP contribution is 2.24. The number of benzene rings is 1. The Bertz CT molecular complexity index is 290. The molecule has 1 rings (SSSR count). The number of halogens is 2. The molecule has 2 N–H and O–H groups in total. The first-order valence-corrected chi connectivity index (χ1v) is 4.62. The maximum absolute atomic E-state index is 12.2. The van der Waals surface area contributed by atoms with Gasteiger partial charge in [-0.25, -0.2) is 8.78 Å². The molecule has 1 aromatic rings. The fourth-order valence-corrected chi connectivity index (χ4v) is 1.72. The quantitative estimate of drug-likeness (QED) is 0.795. The van der Waals surface area contributed by atoms with Crippen LogP contribution in [0.2, 0.25) is 0 Å². The van der Waals surface area contributed by atoms with E-state index in [1.165, 1.54) is 0 Å². The number of nitrogens with two attached hydrogens (primary N) is 1. The molecule has 78 valence electrons. The van der Waals surface area contributed by atoms with Crippen molar-refractivity contribution in [2.24, 2.45) is 5.73 Å². The lowest BCUT2D eigenvalue weighted by atomic mass is 9.95. The molecule has 0 heterocycles. The van der Waals surface area contributed by atoms with Gasteiger partial charge in [-0.2, -0.15) is 0 Å². The van der Waals surface area contributed by atoms with Crippen LogP contribution in [-0.2, 0) is 0 Å². The van der Waals surface area contributed by atoms with E-state index >= 15 is 0 Å². The first-order valence-electron chi connectivity index (χ1n) is 4.62. The molecule has 3 heteroatoms. The molecule has 0 aliphatic rings. The van der Waals surface area contributed by atoms with Crippen LogP contribution < -0.4 is 5.73 Å². The van der Waals surface area contributed by atoms with Crippen molar-refractivity contribution in [3.05, 3.63) is 34.9 Å². The molecule has 0 bridgehead atoms. The molecule has 1 atom stereocenters. The number of hydrogen-bond donors (Lipinski definition) is 1. The van der Waals surface area contributed by atoms with Crippen molar-refractivity contribution < 1.29 is 8.78 Å². The Kier molecular flexibility index (Phi) is 3.58. The van der Waals surface area contributed by atoms with Crippen molar-refractivity contribution in [2.75, 3.05) is 0 Å². The van der Waals surface area contributed by atoms with Crippen molar-refractivity contribution in [1.29, 1.82) is 0 Å². The average molecular weight is 199 g/mol. The second-order valence-corrected chi connectivity index (χ2v) is 3.54. The van der Waals surface area contributed by atoms with E-state index < -0.39 is 12.5 Å². The zero-order chi connectivity index (χ0) is 10.7. The molecule has 0 aromatic heterocycles. The van der Waals surface area contributed by atoms with E-state index in [4.69, 9.17) is 5.73 Å². The van der Waals surface area contributed by atoms with E-state index in [9.17, 15) is 8.78 Å². The molecule has 0 saturated carbocycles. The van der Waals surface area contributed by atoms with Crippen molar-refractivity contribution >= 4 is 0 Å². The molecule has 1 nitrogen and oxygen atoms in total. The summed E-state index contributed by atoms with van der Waals surface area (Å²) in [6.07, 6.45) is -2.62. The Hall–Kier alpha value is -0.960. The van der Waals surface area contributed by atoms with Crippen molar-refractivity contribution in [1.82, 2.24) is 0 Å². The number of aryl methyl sites for hydroxylation is 2. The van der Waals surface area contributed by atoms with Crippen LogP contribution in [0.4, 0.5) is 8.78 Å². The van der Waals surface area contributed by atoms with E-state index in [1.807, 2.05) is 32.0 Å². The minimum atomic E-state index is -2.34. The Labute approximate surface area is 82.9 Å². The molecule has 0 fully saturated rings. The van der Waals surface area contributed by atoms with Gasteiger partial charge in [0.1, 0.15) is 0 Å². The fraction of sp³-hybridized carbons (Fsp3) is 0.455. The summed E-state index contributed by atoms with van der Waals surface area (Å²) in [6, 6.07) is 5.14. The first kappa shape index (κ1) is 11.1. The topological polar surface area (TPSA) is 26.0 Å². The SMILES string of the molecule is Cc1cccc(C)c1[C@H](N)CC(F)F. The van der Waals surface area contributed by atoms with Crippen molar-refractivity contribution in [2.45, 2.75) is 32.7 Å². The summed E-state index contributed by atoms with van der Waals surface area (Å²) >= 11 is 0. The molecule has 0 amide bonds. The van der Waals surface area contributed by atoms with E-state index in [0.29, 0.717) is 0 Å². The van der Waals surface area contributed by atoms with Gasteiger partial charge in [0.15, 0.2) is 0 Å². The highest BCUT2D eigenvalue weighted by molar-refractivity contribution is 5.35. The van der Waals surface area contributed by atoms with Gasteiger partial charge in [0.2, 0.25) is 6.43 Å². The van der Waals surface area contributed by atoms with Crippen LogP contribution in [0.25, 0.3) is 0 Å². The van der Waals surface area contributed by atoms with E-state index in [0.717, 1.165) is 16.7 Å². The van der Waals surface area contributed by atoms with Gasteiger partial charge in [-0.3, -0.25) is 0 Å². The molecule has 0 unspecified atom stereocenters. The largest absolute Gasteiger partial charge is 0.324 e. The van der Waals surface area contributed by atoms with Crippen LogP contribution in [0.5, 0.6) is 0 Å². The summed E-state index contributed by atoms with van der Waals surface area (Å²) in [5.74, 6) is 0. The van der Waals surface area contributed by atoms with Crippen LogP contribution in [0.1, 0.15) is 29.2 Å². The number of hydrogen-bond acceptors (Lipinski definition) is 1. The third-order valence-electron chi connectivity index (χ3n) is 2.35. The molecule has 0 saturated heterocycles. The fourth-order valence-electron chi connectivity index (χ4n) is 1.72. The highest BCUT2D eigenvalue weighted by atomic mass is 19.3. The molecule has 0 aliphatic heterocycles. The summed E-state index contributed by atoms with van der Waals surface area (Å²) < 4.78 is 24.3. The van der Waals surface area contributed by atoms with Gasteiger partial charge in [0.25, 0.3) is 0 Å². The van der Waals surface area contributed by atoms with Gasteiger partial charge < -0.3 is 5.73 Å². The standard InChI is InChI=1S/C11H15F2N/c1-7-4-3-5-8(2)11(7)9(14)6-10(12)13/h3-5,9-10H,6,14H2,1-2H3/t9-/m1/s1. The highest BCUT2D eigenvalue weighted by Gasteiger charge is 2.16. The van der Waals surface area contributed by atoms with Crippen molar-refractivity contribution in [3.63, 3.8) is 0 Å². The van der Waals surface area contributed by atoms with Gasteiger partial charge in [0, 0.05) is 12.5 Å². The Morgan fingerprint density at radius 2 is 1.71 bits per heavy atom. The zero-order valence-electron chi connectivity index (χ0n) is 8.43. The minimum absolute atomic E-state index is 0.272. The van der Waals surface area contributed by atoms with Gasteiger partial charge >= 0.3 is 0 Å². The van der Waals surface area contributed by atoms with Crippen molar-refractivity contribution in [3.8, 4) is 0 Å². The smallest absolute Gasteiger partial charge is 0.240 e. The first-order chi connectivity index (χ1) is 6.52. The second-order valence-electron chi connectivity index (χ2n) is 3.54. The lowest BCUT2D eigenvalue weighted by molar-refractivity contribution is 0.128. The maximum atomic E-state index is 12.2. The predicted molar refractivity (Wildman–Crippen MR) is 53.5 cm³/mol. The second kappa shape index (κ2) is 4.51. The van der Waals surface area contributed by atoms with E-state index in [2.05, 4.69) is 0 Å². The number of alkyl halides is 2. The number of rotatable bonds is 3. The summed E-state index contributed by atoms with van der Waals surface area (Å²) in [7, 11) is 0. The van der Waals surface area contributed by atoms with Crippen LogP contribution in [0.3, 0.4) is 0 Å². The summed E-state index contributed by atoms with van der Waals surface area (Å²) in [6.45, 7) is 3.79. The molecule has 14 heavy (non-hydrogen) atoms. The van der Waals surface area contributed by atoms with E-state index in [1.54, 1.807) is 0 Å². The predicted octanol–water partition coefficient (Wildman–Crippen LogP) is 2.96. The van der Waals surface area contributed by atoms with Gasteiger partial charge in [-0.05, 0) is 30.5 Å². The van der Waals surface area contributed by atoms with Crippen LogP contribution in [0.15, 0.2) is 18.2 Å². The lowest BCUT2D eigenvalue weighted by Gasteiger charge is -2.16. The normalized spacial score (nSPS) is 13.3. The van der Waals surface area contributed by atoms with Crippen LogP contribution in [-0.4, -0.2) is 6.43 Å². The van der Waals surface area contributed by atoms with Gasteiger partial charge in [0.05, 0.1) is 0 Å². The third kappa shape index (κ3) is 2.51. The van der Waals surface area contributed by atoms with Gasteiger partial charge in [-0.1, -0.05) is 18.2 Å². The Balaban J connectivity index is 2.94. The zero-order valence-corrected chi connectivity index (χ0v) is 8.43. The lowest BCUT2D eigenvalue weighted by Crippen LogP contribution is -2.16. The monoisotopic (exact) mass is 199 g/mol. The van der Waals surface area contributed by atoms with E-state index in [-0.39, 0.29) is 6.42 Å². The van der Waals surface area contributed by atoms with Gasteiger partial charge in [-0.15, -0.1) is 0 Å². The molecule has 1 aromatic carbocycles. The third-order valence-corrected chi connectivity index (χ3v) is 2.35. The Morgan fingerprint density at radius 3 is 2.14 bits per heavy atom. The summed E-state index contributed by atoms with van der Waals surface area (Å²) in [5.41, 5.74) is 8.54. The molecular formula is C11H15F2N. The maximum Gasteiger partial charge on any atom is 0.240 e.